The van der Waals surface area contributed by atoms with Gasteiger partial charge in [-0.25, -0.2) is 4.79 Å². The van der Waals surface area contributed by atoms with E-state index in [1.165, 1.54) is 6.07 Å². The predicted molar refractivity (Wildman–Crippen MR) is 65.0 cm³/mol. The number of carbonyl (C=O) groups is 1. The van der Waals surface area contributed by atoms with Crippen molar-refractivity contribution in [3.05, 3.63) is 35.4 Å². The predicted octanol–water partition coefficient (Wildman–Crippen LogP) is 2.28. The summed E-state index contributed by atoms with van der Waals surface area (Å²) >= 11 is 0. The number of nitrogens with zero attached hydrogens (tertiary/aromatic N) is 1. The van der Waals surface area contributed by atoms with E-state index in [0.717, 1.165) is 19.4 Å². The van der Waals surface area contributed by atoms with Gasteiger partial charge < -0.3 is 9.47 Å². The molecule has 0 N–H and O–H groups in total. The van der Waals surface area contributed by atoms with Gasteiger partial charge in [-0.3, -0.25) is 0 Å². The zero-order valence-electron chi connectivity index (χ0n) is 10.3. The molecule has 1 aliphatic rings. The number of esters is 1. The van der Waals surface area contributed by atoms with E-state index in [9.17, 15) is 4.79 Å². The fourth-order valence-electron chi connectivity index (χ4n) is 1.97. The number of ether oxygens (including phenoxy) is 2. The highest BCUT2D eigenvalue weighted by atomic mass is 16.6. The molecule has 1 aromatic carbocycles. The average molecular weight is 245 g/mol. The fraction of sp³-hybridized carbons (Fsp3) is 0.429. The smallest absolute Gasteiger partial charge is 0.338 e. The van der Waals surface area contributed by atoms with Gasteiger partial charge in [0.15, 0.2) is 0 Å². The lowest BCUT2D eigenvalue weighted by Crippen LogP contribution is -2.31. The van der Waals surface area contributed by atoms with Crippen LogP contribution in [0.3, 0.4) is 0 Å². The topological polar surface area (TPSA) is 59.3 Å². The Morgan fingerprint density at radius 2 is 2.44 bits per heavy atom. The normalized spacial score (nSPS) is 22.4. The van der Waals surface area contributed by atoms with Gasteiger partial charge in [-0.15, -0.1) is 0 Å². The molecule has 0 amide bonds. The van der Waals surface area contributed by atoms with Crippen LogP contribution in [-0.2, 0) is 9.47 Å². The van der Waals surface area contributed by atoms with E-state index in [0.29, 0.717) is 11.1 Å². The zero-order chi connectivity index (χ0) is 13.0. The molecule has 18 heavy (non-hydrogen) atoms. The van der Waals surface area contributed by atoms with Crippen molar-refractivity contribution in [1.29, 1.82) is 5.26 Å². The van der Waals surface area contributed by atoms with Gasteiger partial charge in [-0.1, -0.05) is 6.07 Å². The lowest BCUT2D eigenvalue weighted by Gasteiger charge is -2.22. The molecule has 0 saturated carbocycles. The zero-order valence-corrected chi connectivity index (χ0v) is 10.3. The molecule has 0 unspecified atom stereocenters. The quantitative estimate of drug-likeness (QED) is 0.766. The summed E-state index contributed by atoms with van der Waals surface area (Å²) in [6, 6.07) is 8.48. The Morgan fingerprint density at radius 1 is 1.61 bits per heavy atom. The SMILES string of the molecule is C[C@@]1(COC(=O)c2cccc(C#N)c2)CCCO1. The van der Waals surface area contributed by atoms with Crippen LogP contribution in [0.4, 0.5) is 0 Å². The summed E-state index contributed by atoms with van der Waals surface area (Å²) in [5.41, 5.74) is 0.492. The van der Waals surface area contributed by atoms with Crippen molar-refractivity contribution in [3.8, 4) is 6.07 Å². The average Bonchev–Trinajstić information content (AvgIpc) is 2.83. The maximum Gasteiger partial charge on any atom is 0.338 e. The number of hydrogen-bond donors (Lipinski definition) is 0. The van der Waals surface area contributed by atoms with Crippen LogP contribution in [0, 0.1) is 11.3 Å². The van der Waals surface area contributed by atoms with Crippen molar-refractivity contribution >= 4 is 5.97 Å². The van der Waals surface area contributed by atoms with Crippen LogP contribution in [0.5, 0.6) is 0 Å². The van der Waals surface area contributed by atoms with Gasteiger partial charge >= 0.3 is 5.97 Å². The molecule has 1 saturated heterocycles. The number of rotatable bonds is 3. The first-order valence-electron chi connectivity index (χ1n) is 5.94. The Hall–Kier alpha value is -1.86. The molecular formula is C14H15NO3. The minimum absolute atomic E-state index is 0.253. The van der Waals surface area contributed by atoms with Gasteiger partial charge in [0.1, 0.15) is 6.61 Å². The van der Waals surface area contributed by atoms with Gasteiger partial charge in [-0.05, 0) is 38.0 Å². The number of hydrogen-bond acceptors (Lipinski definition) is 4. The van der Waals surface area contributed by atoms with E-state index < -0.39 is 5.97 Å². The monoisotopic (exact) mass is 245 g/mol. The molecule has 0 spiro atoms. The first-order chi connectivity index (χ1) is 8.63. The maximum atomic E-state index is 11.8. The van der Waals surface area contributed by atoms with Crippen LogP contribution in [-0.4, -0.2) is 24.8 Å². The van der Waals surface area contributed by atoms with Crippen LogP contribution >= 0.6 is 0 Å². The van der Waals surface area contributed by atoms with E-state index in [2.05, 4.69) is 0 Å². The largest absolute Gasteiger partial charge is 0.459 e. The Balaban J connectivity index is 1.97. The molecule has 94 valence electrons. The number of benzene rings is 1. The summed E-state index contributed by atoms with van der Waals surface area (Å²) in [6.07, 6.45) is 1.90. The van der Waals surface area contributed by atoms with E-state index in [1.54, 1.807) is 18.2 Å². The molecule has 1 fully saturated rings. The molecule has 1 aromatic rings. The molecule has 1 aliphatic heterocycles. The van der Waals surface area contributed by atoms with Gasteiger partial charge in [-0.2, -0.15) is 5.26 Å². The molecule has 4 heteroatoms. The third-order valence-corrected chi connectivity index (χ3v) is 3.04. The van der Waals surface area contributed by atoms with Gasteiger partial charge in [0, 0.05) is 6.61 Å². The molecule has 4 nitrogen and oxygen atoms in total. The minimum Gasteiger partial charge on any atom is -0.459 e. The van der Waals surface area contributed by atoms with E-state index >= 15 is 0 Å². The number of carbonyl (C=O) groups excluding carboxylic acids is 1. The van der Waals surface area contributed by atoms with Gasteiger partial charge in [0.05, 0.1) is 22.8 Å². The van der Waals surface area contributed by atoms with Gasteiger partial charge in [0.25, 0.3) is 0 Å². The van der Waals surface area contributed by atoms with Gasteiger partial charge in [0.2, 0.25) is 0 Å². The molecule has 2 rings (SSSR count). The Labute approximate surface area is 106 Å². The summed E-state index contributed by atoms with van der Waals surface area (Å²) in [7, 11) is 0. The van der Waals surface area contributed by atoms with E-state index in [4.69, 9.17) is 14.7 Å². The highest BCUT2D eigenvalue weighted by molar-refractivity contribution is 5.89. The van der Waals surface area contributed by atoms with Crippen molar-refractivity contribution in [1.82, 2.24) is 0 Å². The summed E-state index contributed by atoms with van der Waals surface area (Å²) in [4.78, 5) is 11.8. The molecule has 0 radical (unpaired) electrons. The highest BCUT2D eigenvalue weighted by Gasteiger charge is 2.31. The molecular weight excluding hydrogens is 230 g/mol. The lowest BCUT2D eigenvalue weighted by atomic mass is 10.0. The van der Waals surface area contributed by atoms with Crippen molar-refractivity contribution in [2.45, 2.75) is 25.4 Å². The van der Waals surface area contributed by atoms with E-state index in [1.807, 2.05) is 13.0 Å². The molecule has 0 aromatic heterocycles. The van der Waals surface area contributed by atoms with Crippen molar-refractivity contribution in [2.24, 2.45) is 0 Å². The molecule has 1 atom stereocenters. The Morgan fingerprint density at radius 3 is 3.11 bits per heavy atom. The summed E-state index contributed by atoms with van der Waals surface area (Å²) in [5.74, 6) is -0.413. The summed E-state index contributed by atoms with van der Waals surface area (Å²) in [6.45, 7) is 2.92. The second-order valence-electron chi connectivity index (χ2n) is 4.67. The van der Waals surface area contributed by atoms with Crippen molar-refractivity contribution < 1.29 is 14.3 Å². The summed E-state index contributed by atoms with van der Waals surface area (Å²) < 4.78 is 10.8. The second kappa shape index (κ2) is 5.19. The molecule has 1 heterocycles. The van der Waals surface area contributed by atoms with Crippen molar-refractivity contribution in [2.75, 3.05) is 13.2 Å². The van der Waals surface area contributed by atoms with Crippen LogP contribution in [0.2, 0.25) is 0 Å². The third-order valence-electron chi connectivity index (χ3n) is 3.04. The summed E-state index contributed by atoms with van der Waals surface area (Å²) in [5, 5.41) is 8.77. The Bertz CT molecular complexity index is 484. The van der Waals surface area contributed by atoms with Crippen LogP contribution < -0.4 is 0 Å². The fourth-order valence-corrected chi connectivity index (χ4v) is 1.97. The first-order valence-corrected chi connectivity index (χ1v) is 5.94. The maximum absolute atomic E-state index is 11.8. The van der Waals surface area contributed by atoms with Crippen LogP contribution in [0.25, 0.3) is 0 Å². The van der Waals surface area contributed by atoms with Crippen molar-refractivity contribution in [3.63, 3.8) is 0 Å². The Kier molecular flexibility index (Phi) is 3.63. The van der Waals surface area contributed by atoms with E-state index in [-0.39, 0.29) is 12.2 Å². The minimum atomic E-state index is -0.413. The third kappa shape index (κ3) is 2.88. The van der Waals surface area contributed by atoms with Crippen LogP contribution in [0.1, 0.15) is 35.7 Å². The lowest BCUT2D eigenvalue weighted by molar-refractivity contribution is -0.0378. The van der Waals surface area contributed by atoms with Crippen LogP contribution in [0.15, 0.2) is 24.3 Å². The first kappa shape index (κ1) is 12.6. The standard InChI is InChI=1S/C14H15NO3/c1-14(6-3-7-18-14)10-17-13(16)12-5-2-4-11(8-12)9-15/h2,4-5,8H,3,6-7,10H2,1H3/t14-/m0/s1. The molecule has 0 bridgehead atoms. The molecule has 0 aliphatic carbocycles. The second-order valence-corrected chi connectivity index (χ2v) is 4.67. The number of nitriles is 1. The highest BCUT2D eigenvalue weighted by Crippen LogP contribution is 2.25.